The lowest BCUT2D eigenvalue weighted by Crippen LogP contribution is -2.24. The number of rotatable bonds is 0. The first-order valence-corrected chi connectivity index (χ1v) is 10.6. The Kier molecular flexibility index (Phi) is 17.3. The molecule has 2 nitrogen and oxygen atoms in total. The van der Waals surface area contributed by atoms with Gasteiger partial charge in [-0.2, -0.15) is 0 Å². The molecular weight excluding hydrogens is 486 g/mol. The Bertz CT molecular complexity index is 219. The molecule has 1 atom stereocenters. The van der Waals surface area contributed by atoms with Gasteiger partial charge in [-0.25, -0.2) is 0 Å². The zero-order valence-electron chi connectivity index (χ0n) is 8.77. The fourth-order valence-electron chi connectivity index (χ4n) is 0.692. The second kappa shape index (κ2) is 14.1. The summed E-state index contributed by atoms with van der Waals surface area (Å²) in [6.45, 7) is 0. The highest BCUT2D eigenvalue weighted by Gasteiger charge is 2.23. The van der Waals surface area contributed by atoms with Crippen molar-refractivity contribution in [1.82, 2.24) is 0 Å². The van der Waals surface area contributed by atoms with Crippen molar-refractivity contribution >= 4 is 90.6 Å². The summed E-state index contributed by atoms with van der Waals surface area (Å²) in [5.41, 5.74) is 0. The highest BCUT2D eigenvalue weighted by atomic mass is 80.9. The van der Waals surface area contributed by atoms with Crippen LogP contribution in [-0.4, -0.2) is 20.7 Å². The van der Waals surface area contributed by atoms with E-state index in [9.17, 15) is 9.59 Å². The van der Waals surface area contributed by atoms with Gasteiger partial charge in [-0.15, -0.1) is 0 Å². The Morgan fingerprint density at radius 3 is 1.35 bits per heavy atom. The highest BCUT2D eigenvalue weighted by molar-refractivity contribution is 9.93. The average Bonchev–Trinajstić information content (AvgIpc) is 2.26. The quantitative estimate of drug-likeness (QED) is 0.412. The smallest absolute Gasteiger partial charge is 0.180 e. The molecule has 0 saturated heterocycles. The Balaban J connectivity index is 0. The molecule has 0 amide bonds. The van der Waals surface area contributed by atoms with Gasteiger partial charge in [0.1, 0.15) is 11.6 Å². The fourth-order valence-corrected chi connectivity index (χ4v) is 1.15. The van der Waals surface area contributed by atoms with Crippen LogP contribution in [0.25, 0.3) is 0 Å². The largest absolute Gasteiger partial charge is 0.300 e. The SMILES string of the molecule is BrBr.ClC(Cl)Cl.O=C1CCC1.O=C1CCC1Br. The molecule has 1 unspecified atom stereocenters. The Hall–Kier alpha value is 1.65. The molecule has 8 heteroatoms. The third kappa shape index (κ3) is 15.6. The van der Waals surface area contributed by atoms with Gasteiger partial charge in [0.15, 0.2) is 4.30 Å². The van der Waals surface area contributed by atoms with Gasteiger partial charge in [0.05, 0.1) is 4.83 Å². The van der Waals surface area contributed by atoms with E-state index >= 15 is 0 Å². The van der Waals surface area contributed by atoms with E-state index in [1.54, 1.807) is 0 Å². The number of halogens is 6. The van der Waals surface area contributed by atoms with E-state index in [0.29, 0.717) is 11.6 Å². The standard InChI is InChI=1S/C4H5BrO.C4H6O.CHCl3.Br2/c5-3-1-2-4(3)6;5-4-2-1-3-4;2-1(3)4;1-2/h3H,1-2H2;1-3H2;1H;. The van der Waals surface area contributed by atoms with Gasteiger partial charge in [0, 0.05) is 47.5 Å². The first-order valence-electron chi connectivity index (χ1n) is 4.68. The van der Waals surface area contributed by atoms with Crippen molar-refractivity contribution in [2.24, 2.45) is 0 Å². The van der Waals surface area contributed by atoms with Crippen molar-refractivity contribution in [3.8, 4) is 0 Å². The maximum atomic E-state index is 10.2. The van der Waals surface area contributed by atoms with Crippen LogP contribution in [0.4, 0.5) is 0 Å². The van der Waals surface area contributed by atoms with Crippen LogP contribution >= 0.6 is 79.0 Å². The first-order chi connectivity index (χ1) is 7.93. The number of carbonyl (C=O) groups is 2. The minimum Gasteiger partial charge on any atom is -0.300 e. The molecule has 102 valence electrons. The number of hydrogen-bond acceptors (Lipinski definition) is 2. The van der Waals surface area contributed by atoms with Crippen molar-refractivity contribution < 1.29 is 9.59 Å². The number of hydrogen-bond donors (Lipinski definition) is 0. The number of carbonyl (C=O) groups excluding carboxylic acids is 2. The Morgan fingerprint density at radius 2 is 1.35 bits per heavy atom. The molecule has 2 aliphatic carbocycles. The third-order valence-electron chi connectivity index (χ3n) is 1.90. The van der Waals surface area contributed by atoms with Crippen LogP contribution in [0.2, 0.25) is 0 Å². The van der Waals surface area contributed by atoms with Crippen LogP contribution in [0.3, 0.4) is 0 Å². The van der Waals surface area contributed by atoms with Crippen LogP contribution in [0.1, 0.15) is 32.1 Å². The Labute approximate surface area is 140 Å². The van der Waals surface area contributed by atoms with Crippen LogP contribution < -0.4 is 0 Å². The molecule has 0 spiro atoms. The zero-order chi connectivity index (χ0) is 13.8. The van der Waals surface area contributed by atoms with E-state index < -0.39 is 4.30 Å². The molecule has 2 fully saturated rings. The number of alkyl halides is 4. The topological polar surface area (TPSA) is 34.1 Å². The summed E-state index contributed by atoms with van der Waals surface area (Å²) in [5, 5.41) is 0. The van der Waals surface area contributed by atoms with Crippen molar-refractivity contribution in [3.05, 3.63) is 0 Å². The van der Waals surface area contributed by atoms with Gasteiger partial charge in [0.25, 0.3) is 0 Å². The molecule has 0 bridgehead atoms. The fraction of sp³-hybridized carbons (Fsp3) is 0.778. The molecule has 0 aromatic heterocycles. The van der Waals surface area contributed by atoms with Gasteiger partial charge in [-0.1, -0.05) is 50.7 Å². The molecule has 0 aliphatic heterocycles. The molecule has 0 aromatic rings. The lowest BCUT2D eigenvalue weighted by Gasteiger charge is -2.15. The number of ketones is 2. The molecule has 0 heterocycles. The summed E-state index contributed by atoms with van der Waals surface area (Å²) in [4.78, 5) is 20.3. The molecule has 2 aliphatic rings. The molecule has 0 aromatic carbocycles. The van der Waals surface area contributed by atoms with Gasteiger partial charge in [-0.3, -0.25) is 9.59 Å². The van der Waals surface area contributed by atoms with Gasteiger partial charge < -0.3 is 0 Å². The van der Waals surface area contributed by atoms with E-state index in [2.05, 4.69) is 44.2 Å². The lowest BCUT2D eigenvalue weighted by atomic mass is 9.99. The van der Waals surface area contributed by atoms with Crippen LogP contribution in [0.15, 0.2) is 0 Å². The van der Waals surface area contributed by atoms with E-state index in [4.69, 9.17) is 34.8 Å². The highest BCUT2D eigenvalue weighted by Crippen LogP contribution is 2.21. The van der Waals surface area contributed by atoms with Gasteiger partial charge >= 0.3 is 0 Å². The number of Topliss-reactive ketones (excluding diaryl/α,β-unsaturated/α-hetero) is 2. The summed E-state index contributed by atoms with van der Waals surface area (Å²) in [7, 11) is 0. The normalized spacial score (nSPS) is 20.5. The average molecular weight is 498 g/mol. The molecule has 2 rings (SSSR count). The lowest BCUT2D eigenvalue weighted by molar-refractivity contribution is -0.123. The zero-order valence-corrected chi connectivity index (χ0v) is 15.8. The Morgan fingerprint density at radius 1 is 1.06 bits per heavy atom. The van der Waals surface area contributed by atoms with Crippen molar-refractivity contribution in [1.29, 1.82) is 0 Å². The van der Waals surface area contributed by atoms with E-state index in [-0.39, 0.29) is 4.83 Å². The minimum atomic E-state index is -0.750. The molecule has 0 N–H and O–H groups in total. The predicted octanol–water partition coefficient (Wildman–Crippen LogP) is 5.53. The van der Waals surface area contributed by atoms with E-state index in [0.717, 1.165) is 32.1 Å². The summed E-state index contributed by atoms with van der Waals surface area (Å²) in [6, 6.07) is 0. The van der Waals surface area contributed by atoms with Crippen LogP contribution in [0.5, 0.6) is 0 Å². The third-order valence-corrected chi connectivity index (χ3v) is 2.87. The van der Waals surface area contributed by atoms with Crippen molar-refractivity contribution in [2.45, 2.75) is 41.2 Å². The monoisotopic (exact) mass is 494 g/mol. The van der Waals surface area contributed by atoms with Crippen molar-refractivity contribution in [2.75, 3.05) is 0 Å². The first kappa shape index (κ1) is 21.0. The second-order valence-corrected chi connectivity index (χ2v) is 6.20. The van der Waals surface area contributed by atoms with Crippen LogP contribution in [-0.2, 0) is 9.59 Å². The van der Waals surface area contributed by atoms with E-state index in [1.165, 1.54) is 0 Å². The summed E-state index contributed by atoms with van der Waals surface area (Å²) >= 11 is 23.1. The van der Waals surface area contributed by atoms with Crippen LogP contribution in [0, 0.1) is 0 Å². The minimum absolute atomic E-state index is 0.206. The summed E-state index contributed by atoms with van der Waals surface area (Å²) < 4.78 is -0.750. The molecule has 2 saturated carbocycles. The second-order valence-electron chi connectivity index (χ2n) is 3.11. The van der Waals surface area contributed by atoms with Crippen molar-refractivity contribution in [3.63, 3.8) is 0 Å². The molecular formula is C9H12Br3Cl3O2. The van der Waals surface area contributed by atoms with E-state index in [1.807, 2.05) is 0 Å². The molecule has 17 heavy (non-hydrogen) atoms. The van der Waals surface area contributed by atoms with Gasteiger partial charge in [0.2, 0.25) is 0 Å². The predicted molar refractivity (Wildman–Crippen MR) is 85.0 cm³/mol. The van der Waals surface area contributed by atoms with Gasteiger partial charge in [-0.05, 0) is 12.8 Å². The summed E-state index contributed by atoms with van der Waals surface area (Å²) in [5.74, 6) is 0.792. The maximum absolute atomic E-state index is 10.2. The summed E-state index contributed by atoms with van der Waals surface area (Å²) in [6.07, 6.45) is 4.66. The molecule has 0 radical (unpaired) electrons. The maximum Gasteiger partial charge on any atom is 0.180 e.